The number of aromatic nitrogens is 1. The van der Waals surface area contributed by atoms with Crippen molar-refractivity contribution in [1.29, 1.82) is 0 Å². The van der Waals surface area contributed by atoms with E-state index >= 15 is 0 Å². The molecule has 0 aliphatic rings. The molecule has 0 saturated heterocycles. The Morgan fingerprint density at radius 1 is 0.900 bits per heavy atom. The van der Waals surface area contributed by atoms with Crippen molar-refractivity contribution >= 4 is 34.1 Å². The molecule has 0 radical (unpaired) electrons. The number of anilines is 1. The molecule has 0 atom stereocenters. The van der Waals surface area contributed by atoms with Crippen LogP contribution in [0.3, 0.4) is 0 Å². The first kappa shape index (κ1) is 20.1. The molecule has 0 fully saturated rings. The van der Waals surface area contributed by atoms with Crippen molar-refractivity contribution in [3.8, 4) is 11.3 Å². The first-order valence-electron chi connectivity index (χ1n) is 9.89. The number of rotatable bonds is 3. The van der Waals surface area contributed by atoms with Gasteiger partial charge in [-0.25, -0.2) is 4.98 Å². The normalized spacial score (nSPS) is 11.0. The van der Waals surface area contributed by atoms with Gasteiger partial charge in [0.15, 0.2) is 0 Å². The lowest BCUT2D eigenvalue weighted by Crippen LogP contribution is -2.14. The summed E-state index contributed by atoms with van der Waals surface area (Å²) in [5.41, 5.74) is 8.28. The van der Waals surface area contributed by atoms with Crippen molar-refractivity contribution in [2.45, 2.75) is 27.7 Å². The summed E-state index contributed by atoms with van der Waals surface area (Å²) in [4.78, 5) is 18.3. The fourth-order valence-electron chi connectivity index (χ4n) is 3.71. The molecule has 0 spiro atoms. The predicted octanol–water partition coefficient (Wildman–Crippen LogP) is 7.04. The number of hydrogen-bond acceptors (Lipinski definition) is 2. The summed E-state index contributed by atoms with van der Waals surface area (Å²) in [7, 11) is 0. The Morgan fingerprint density at radius 3 is 2.37 bits per heavy atom. The standard InChI is InChI=1S/C26H23ClN2O/c1-15-12-17(3)25-21(13-15)22(14-24(28-25)19-8-10-20(27)11-9-19)26(30)29-23-7-5-6-16(2)18(23)4/h5-14H,1-4H3,(H,29,30). The van der Waals surface area contributed by atoms with E-state index in [1.54, 1.807) is 0 Å². The molecule has 0 aliphatic carbocycles. The van der Waals surface area contributed by atoms with Gasteiger partial charge in [0.1, 0.15) is 0 Å². The molecular weight excluding hydrogens is 392 g/mol. The van der Waals surface area contributed by atoms with Crippen LogP contribution in [-0.4, -0.2) is 10.9 Å². The highest BCUT2D eigenvalue weighted by atomic mass is 35.5. The van der Waals surface area contributed by atoms with E-state index in [-0.39, 0.29) is 5.91 Å². The summed E-state index contributed by atoms with van der Waals surface area (Å²) in [6.45, 7) is 8.12. The highest BCUT2D eigenvalue weighted by Gasteiger charge is 2.17. The minimum Gasteiger partial charge on any atom is -0.322 e. The van der Waals surface area contributed by atoms with Crippen molar-refractivity contribution in [2.24, 2.45) is 0 Å². The van der Waals surface area contributed by atoms with Gasteiger partial charge in [0.2, 0.25) is 0 Å². The van der Waals surface area contributed by atoms with Crippen molar-refractivity contribution in [2.75, 3.05) is 5.32 Å². The third-order valence-electron chi connectivity index (χ3n) is 5.49. The van der Waals surface area contributed by atoms with Crippen LogP contribution in [-0.2, 0) is 0 Å². The minimum atomic E-state index is -0.142. The third-order valence-corrected chi connectivity index (χ3v) is 5.74. The van der Waals surface area contributed by atoms with E-state index < -0.39 is 0 Å². The largest absolute Gasteiger partial charge is 0.322 e. The number of amides is 1. The second-order valence-corrected chi connectivity index (χ2v) is 8.18. The molecular formula is C26H23ClN2O. The number of fused-ring (bicyclic) bond motifs is 1. The molecule has 0 aliphatic heterocycles. The highest BCUT2D eigenvalue weighted by molar-refractivity contribution is 6.30. The number of pyridine rings is 1. The lowest BCUT2D eigenvalue weighted by atomic mass is 9.99. The zero-order valence-corrected chi connectivity index (χ0v) is 18.3. The molecule has 1 aromatic heterocycles. The van der Waals surface area contributed by atoms with Crippen LogP contribution in [0.25, 0.3) is 22.2 Å². The summed E-state index contributed by atoms with van der Waals surface area (Å²) in [5, 5.41) is 4.62. The minimum absolute atomic E-state index is 0.142. The molecule has 0 unspecified atom stereocenters. The Kier molecular flexibility index (Phi) is 5.31. The molecule has 30 heavy (non-hydrogen) atoms. The summed E-state index contributed by atoms with van der Waals surface area (Å²) in [6.07, 6.45) is 0. The third kappa shape index (κ3) is 3.81. The maximum Gasteiger partial charge on any atom is 0.256 e. The number of hydrogen-bond donors (Lipinski definition) is 1. The molecule has 4 heteroatoms. The quantitative estimate of drug-likeness (QED) is 0.390. The molecule has 4 aromatic rings. The first-order valence-corrected chi connectivity index (χ1v) is 10.3. The van der Waals surface area contributed by atoms with Crippen LogP contribution >= 0.6 is 11.6 Å². The molecule has 1 heterocycles. The van der Waals surface area contributed by atoms with Crippen molar-refractivity contribution in [3.05, 3.63) is 93.5 Å². The zero-order chi connectivity index (χ0) is 21.4. The fourth-order valence-corrected chi connectivity index (χ4v) is 3.84. The van der Waals surface area contributed by atoms with Gasteiger partial charge in [0.25, 0.3) is 5.91 Å². The van der Waals surface area contributed by atoms with Crippen molar-refractivity contribution in [3.63, 3.8) is 0 Å². The molecule has 1 amide bonds. The maximum atomic E-state index is 13.4. The van der Waals surface area contributed by atoms with Crippen LogP contribution in [0.5, 0.6) is 0 Å². The predicted molar refractivity (Wildman–Crippen MR) is 126 cm³/mol. The lowest BCUT2D eigenvalue weighted by molar-refractivity contribution is 0.102. The Morgan fingerprint density at radius 2 is 1.63 bits per heavy atom. The molecule has 0 saturated carbocycles. The second kappa shape index (κ2) is 7.92. The van der Waals surface area contributed by atoms with Crippen LogP contribution in [0, 0.1) is 27.7 Å². The highest BCUT2D eigenvalue weighted by Crippen LogP contribution is 2.29. The molecule has 4 rings (SSSR count). The van der Waals surface area contributed by atoms with E-state index in [1.807, 2.05) is 82.3 Å². The summed E-state index contributed by atoms with van der Waals surface area (Å²) >= 11 is 6.05. The van der Waals surface area contributed by atoms with Crippen LogP contribution in [0.2, 0.25) is 5.02 Å². The number of nitrogens with one attached hydrogen (secondary N) is 1. The fraction of sp³-hybridized carbons (Fsp3) is 0.154. The topological polar surface area (TPSA) is 42.0 Å². The van der Waals surface area contributed by atoms with Gasteiger partial charge in [-0.15, -0.1) is 0 Å². The van der Waals surface area contributed by atoms with E-state index in [9.17, 15) is 4.79 Å². The summed E-state index contributed by atoms with van der Waals surface area (Å²) < 4.78 is 0. The van der Waals surface area contributed by atoms with Gasteiger partial charge >= 0.3 is 0 Å². The van der Waals surface area contributed by atoms with E-state index in [2.05, 4.69) is 11.4 Å². The van der Waals surface area contributed by atoms with Crippen molar-refractivity contribution < 1.29 is 4.79 Å². The van der Waals surface area contributed by atoms with Gasteiger partial charge in [0, 0.05) is 21.7 Å². The van der Waals surface area contributed by atoms with Gasteiger partial charge in [-0.05, 0) is 74.7 Å². The number of carbonyl (C=O) groups is 1. The van der Waals surface area contributed by atoms with Gasteiger partial charge in [0.05, 0.1) is 16.8 Å². The summed E-state index contributed by atoms with van der Waals surface area (Å²) in [5.74, 6) is -0.142. The van der Waals surface area contributed by atoms with Crippen molar-refractivity contribution in [1.82, 2.24) is 4.98 Å². The van der Waals surface area contributed by atoms with Gasteiger partial charge in [-0.1, -0.05) is 47.5 Å². The average molecular weight is 415 g/mol. The van der Waals surface area contributed by atoms with Crippen LogP contribution in [0.4, 0.5) is 5.69 Å². The van der Waals surface area contributed by atoms with E-state index in [0.29, 0.717) is 10.6 Å². The van der Waals surface area contributed by atoms with Gasteiger partial charge in [-0.3, -0.25) is 4.79 Å². The molecule has 1 N–H and O–H groups in total. The number of benzene rings is 3. The van der Waals surface area contributed by atoms with Crippen LogP contribution in [0.15, 0.2) is 60.7 Å². The molecule has 3 aromatic carbocycles. The Hall–Kier alpha value is -3.17. The summed E-state index contributed by atoms with van der Waals surface area (Å²) in [6, 6.07) is 19.4. The first-order chi connectivity index (χ1) is 14.3. The second-order valence-electron chi connectivity index (χ2n) is 7.74. The Labute approximate surface area is 181 Å². The SMILES string of the molecule is Cc1cc(C)c2nc(-c3ccc(Cl)cc3)cc(C(=O)Nc3cccc(C)c3C)c2c1. The van der Waals surface area contributed by atoms with Gasteiger partial charge < -0.3 is 5.32 Å². The van der Waals surface area contributed by atoms with E-state index in [1.165, 1.54) is 0 Å². The Balaban J connectivity index is 1.89. The van der Waals surface area contributed by atoms with Crippen LogP contribution in [0.1, 0.15) is 32.6 Å². The number of halogens is 1. The maximum absolute atomic E-state index is 13.4. The lowest BCUT2D eigenvalue weighted by Gasteiger charge is -2.14. The number of aryl methyl sites for hydroxylation is 3. The number of nitrogens with zero attached hydrogens (tertiary/aromatic N) is 1. The molecule has 3 nitrogen and oxygen atoms in total. The van der Waals surface area contributed by atoms with Gasteiger partial charge in [-0.2, -0.15) is 0 Å². The smallest absolute Gasteiger partial charge is 0.256 e. The Bertz CT molecular complexity index is 1280. The molecule has 0 bridgehead atoms. The average Bonchev–Trinajstić information content (AvgIpc) is 2.71. The van der Waals surface area contributed by atoms with E-state index in [0.717, 1.165) is 50.1 Å². The zero-order valence-electron chi connectivity index (χ0n) is 17.5. The number of carbonyl (C=O) groups excluding carboxylic acids is 1. The van der Waals surface area contributed by atoms with Crippen LogP contribution < -0.4 is 5.32 Å². The monoisotopic (exact) mass is 414 g/mol. The molecule has 150 valence electrons. The van der Waals surface area contributed by atoms with E-state index in [4.69, 9.17) is 16.6 Å².